The van der Waals surface area contributed by atoms with E-state index in [4.69, 9.17) is 0 Å². The van der Waals surface area contributed by atoms with Crippen LogP contribution in [-0.4, -0.2) is 20.7 Å². The van der Waals surface area contributed by atoms with Crippen LogP contribution in [0.1, 0.15) is 52.0 Å². The molecule has 21 heavy (non-hydrogen) atoms. The Bertz CT molecular complexity index is 494. The molecule has 3 nitrogen and oxygen atoms in total. The van der Waals surface area contributed by atoms with E-state index in [1.54, 1.807) is 12.1 Å². The molecule has 120 valence electrons. The van der Waals surface area contributed by atoms with Crippen LogP contribution >= 0.6 is 8.07 Å². The van der Waals surface area contributed by atoms with E-state index in [0.29, 0.717) is 4.90 Å². The Kier molecular flexibility index (Phi) is 8.46. The van der Waals surface area contributed by atoms with Crippen LogP contribution in [0, 0.1) is 0 Å². The smallest absolute Gasteiger partial charge is 0.207 e. The van der Waals surface area contributed by atoms with Gasteiger partial charge in [-0.05, 0) is 50.9 Å². The van der Waals surface area contributed by atoms with Crippen molar-refractivity contribution >= 4 is 18.1 Å². The normalized spacial score (nSPS) is 12.0. The molecule has 0 unspecified atom stereocenters. The third kappa shape index (κ3) is 6.46. The van der Waals surface area contributed by atoms with Gasteiger partial charge in [-0.25, -0.2) is 8.42 Å². The quantitative estimate of drug-likeness (QED) is 0.641. The van der Waals surface area contributed by atoms with E-state index in [9.17, 15) is 8.42 Å². The first-order valence-corrected chi connectivity index (χ1v) is 11.1. The van der Waals surface area contributed by atoms with Gasteiger partial charge >= 0.3 is 0 Å². The lowest BCUT2D eigenvalue weighted by Crippen LogP contribution is -2.21. The summed E-state index contributed by atoms with van der Waals surface area (Å²) in [7, 11) is -3.99. The Labute approximate surface area is 131 Å². The third-order valence-corrected chi connectivity index (χ3v) is 8.15. The highest BCUT2D eigenvalue weighted by molar-refractivity contribution is 7.95. The Morgan fingerprint density at radius 3 is 2.00 bits per heavy atom. The molecule has 0 saturated heterocycles. The lowest BCUT2D eigenvalue weighted by atomic mass is 10.1. The van der Waals surface area contributed by atoms with Crippen LogP contribution in [0.3, 0.4) is 0 Å². The lowest BCUT2D eigenvalue weighted by molar-refractivity contribution is 0.594. The molecule has 0 amide bonds. The number of aryl methyl sites for hydroxylation is 1. The van der Waals surface area contributed by atoms with Crippen LogP contribution in [0.15, 0.2) is 29.2 Å². The van der Waals surface area contributed by atoms with Crippen LogP contribution in [0.25, 0.3) is 0 Å². The minimum absolute atomic E-state index is 0.391. The summed E-state index contributed by atoms with van der Waals surface area (Å²) in [6.07, 6.45) is 7.26. The van der Waals surface area contributed by atoms with E-state index in [0.717, 1.165) is 44.4 Å². The number of rotatable bonds is 10. The van der Waals surface area contributed by atoms with Crippen molar-refractivity contribution in [2.24, 2.45) is 0 Å². The van der Waals surface area contributed by atoms with Gasteiger partial charge < -0.3 is 0 Å². The second-order valence-corrected chi connectivity index (χ2v) is 9.51. The highest BCUT2D eigenvalue weighted by Crippen LogP contribution is 2.34. The molecule has 0 heterocycles. The highest BCUT2D eigenvalue weighted by atomic mass is 32.2. The number of unbranched alkanes of at least 4 members (excludes halogenated alkanes) is 1. The minimum atomic E-state index is -3.36. The zero-order valence-electron chi connectivity index (χ0n) is 13.4. The Morgan fingerprint density at radius 2 is 1.52 bits per heavy atom. The average molecular weight is 329 g/mol. The van der Waals surface area contributed by atoms with E-state index in [1.165, 1.54) is 5.56 Å². The zero-order chi connectivity index (χ0) is 15.7. The molecule has 0 aliphatic heterocycles. The van der Waals surface area contributed by atoms with Gasteiger partial charge in [0.2, 0.25) is 10.0 Å². The molecule has 0 spiro atoms. The third-order valence-electron chi connectivity index (χ3n) is 3.29. The van der Waals surface area contributed by atoms with Crippen LogP contribution in [0.4, 0.5) is 0 Å². The molecule has 0 bridgehead atoms. The van der Waals surface area contributed by atoms with Gasteiger partial charge in [0.05, 0.1) is 4.90 Å². The molecule has 0 aromatic heterocycles. The summed E-state index contributed by atoms with van der Waals surface area (Å²) in [6, 6.07) is 7.34. The van der Waals surface area contributed by atoms with E-state index in [-0.39, 0.29) is 0 Å². The van der Waals surface area contributed by atoms with Gasteiger partial charge in [0.15, 0.2) is 0 Å². The Morgan fingerprint density at radius 1 is 0.952 bits per heavy atom. The van der Waals surface area contributed by atoms with Crippen molar-refractivity contribution in [1.82, 2.24) is 4.49 Å². The largest absolute Gasteiger partial charge is 0.243 e. The predicted molar refractivity (Wildman–Crippen MR) is 92.6 cm³/mol. The molecule has 0 aliphatic carbocycles. The number of benzene rings is 1. The topological polar surface area (TPSA) is 46.2 Å². The van der Waals surface area contributed by atoms with Gasteiger partial charge in [0.25, 0.3) is 0 Å². The fourth-order valence-electron chi connectivity index (χ4n) is 2.18. The molecule has 0 fully saturated rings. The van der Waals surface area contributed by atoms with Crippen LogP contribution < -0.4 is 4.49 Å². The summed E-state index contributed by atoms with van der Waals surface area (Å²) in [5, 5.41) is 0. The molecule has 1 rings (SSSR count). The summed E-state index contributed by atoms with van der Waals surface area (Å²) in [5.74, 6) is 0. The van der Waals surface area contributed by atoms with Crippen molar-refractivity contribution in [3.8, 4) is 0 Å². The van der Waals surface area contributed by atoms with Gasteiger partial charge in [-0.3, -0.25) is 0 Å². The van der Waals surface area contributed by atoms with Crippen LogP contribution in [-0.2, 0) is 16.4 Å². The number of hydrogen-bond acceptors (Lipinski definition) is 2. The van der Waals surface area contributed by atoms with Crippen LogP contribution in [0.2, 0.25) is 0 Å². The molecular formula is C16H28NO2PS. The minimum Gasteiger partial charge on any atom is -0.207 e. The molecule has 1 N–H and O–H groups in total. The molecule has 1 aromatic carbocycles. The van der Waals surface area contributed by atoms with Gasteiger partial charge in [-0.2, -0.15) is 4.49 Å². The molecule has 0 aliphatic rings. The average Bonchev–Trinajstić information content (AvgIpc) is 2.46. The molecule has 0 saturated carbocycles. The van der Waals surface area contributed by atoms with Gasteiger partial charge in [-0.1, -0.05) is 52.2 Å². The maximum Gasteiger partial charge on any atom is 0.243 e. The predicted octanol–water partition coefficient (Wildman–Crippen LogP) is 4.52. The first-order valence-electron chi connectivity index (χ1n) is 7.89. The molecule has 1 aromatic rings. The monoisotopic (exact) mass is 329 g/mol. The van der Waals surface area contributed by atoms with Gasteiger partial charge in [0.1, 0.15) is 0 Å². The van der Waals surface area contributed by atoms with Gasteiger partial charge in [0, 0.05) is 0 Å². The lowest BCUT2D eigenvalue weighted by Gasteiger charge is -2.17. The number of sulfonamides is 1. The summed E-state index contributed by atoms with van der Waals surface area (Å²) >= 11 is 0. The van der Waals surface area contributed by atoms with Gasteiger partial charge in [-0.15, -0.1) is 0 Å². The Balaban J connectivity index is 2.76. The maximum absolute atomic E-state index is 12.4. The SMILES string of the molecule is CCCCc1ccc(S(=O)(=O)NP(CCC)CCC)cc1. The van der Waals surface area contributed by atoms with E-state index in [2.05, 4.69) is 25.3 Å². The summed E-state index contributed by atoms with van der Waals surface area (Å²) in [6.45, 7) is 6.36. The maximum atomic E-state index is 12.4. The summed E-state index contributed by atoms with van der Waals surface area (Å²) < 4.78 is 27.8. The van der Waals surface area contributed by atoms with Crippen molar-refractivity contribution < 1.29 is 8.42 Å². The van der Waals surface area contributed by atoms with Crippen molar-refractivity contribution in [2.45, 2.75) is 57.8 Å². The zero-order valence-corrected chi connectivity index (χ0v) is 15.1. The van der Waals surface area contributed by atoms with E-state index < -0.39 is 18.1 Å². The standard InChI is InChI=1S/C16H28NO2PS/c1-4-7-8-15-9-11-16(12-10-15)21(18,19)17-20(13-5-2)14-6-3/h9-12,17H,4-8,13-14H2,1-3H3. The first-order chi connectivity index (χ1) is 10.0. The summed E-state index contributed by atoms with van der Waals surface area (Å²) in [4.78, 5) is 0.391. The molecular weight excluding hydrogens is 301 g/mol. The van der Waals surface area contributed by atoms with Crippen molar-refractivity contribution in [3.05, 3.63) is 29.8 Å². The second kappa shape index (κ2) is 9.55. The molecule has 0 atom stereocenters. The van der Waals surface area contributed by atoms with Crippen molar-refractivity contribution in [3.63, 3.8) is 0 Å². The fourth-order valence-corrected chi connectivity index (χ4v) is 6.49. The van der Waals surface area contributed by atoms with Crippen molar-refractivity contribution in [1.29, 1.82) is 0 Å². The highest BCUT2D eigenvalue weighted by Gasteiger charge is 2.18. The molecule has 5 heteroatoms. The first kappa shape index (κ1) is 18.6. The van der Waals surface area contributed by atoms with E-state index in [1.807, 2.05) is 12.1 Å². The molecule has 0 radical (unpaired) electrons. The fraction of sp³-hybridized carbons (Fsp3) is 0.625. The number of hydrogen-bond donors (Lipinski definition) is 1. The second-order valence-electron chi connectivity index (χ2n) is 5.33. The Hall–Kier alpha value is -0.440. The van der Waals surface area contributed by atoms with Crippen molar-refractivity contribution in [2.75, 3.05) is 12.3 Å². The summed E-state index contributed by atoms with van der Waals surface area (Å²) in [5.41, 5.74) is 1.21. The number of nitrogens with one attached hydrogen (secondary N) is 1. The van der Waals surface area contributed by atoms with Crippen LogP contribution in [0.5, 0.6) is 0 Å². The van der Waals surface area contributed by atoms with E-state index >= 15 is 0 Å².